The first-order chi connectivity index (χ1) is 15.9. The maximum Gasteiger partial charge on any atom is 0.243 e. The average Bonchev–Trinajstić information content (AvgIpc) is 2.82. The number of amides is 2. The van der Waals surface area contributed by atoms with Crippen LogP contribution in [0.4, 0.5) is 4.39 Å². The second-order valence-electron chi connectivity index (χ2n) is 8.51. The molecule has 0 radical (unpaired) electrons. The number of carbonyl (C=O) groups excluding carboxylic acids is 2. The van der Waals surface area contributed by atoms with Gasteiger partial charge in [-0.25, -0.2) is 4.39 Å². The van der Waals surface area contributed by atoms with Crippen LogP contribution in [0.3, 0.4) is 0 Å². The summed E-state index contributed by atoms with van der Waals surface area (Å²) in [5, 5.41) is 3.34. The predicted octanol–water partition coefficient (Wildman–Crippen LogP) is 5.29. The summed E-state index contributed by atoms with van der Waals surface area (Å²) < 4.78 is 19.6. The maximum atomic E-state index is 14.4. The van der Waals surface area contributed by atoms with E-state index in [-0.39, 0.29) is 41.4 Å². The van der Waals surface area contributed by atoms with Crippen LogP contribution in [0.25, 0.3) is 0 Å². The van der Waals surface area contributed by atoms with E-state index in [1.165, 1.54) is 18.6 Å². The summed E-state index contributed by atoms with van der Waals surface area (Å²) in [5.74, 6) is -0.328. The Morgan fingerprint density at radius 1 is 1.15 bits per heavy atom. The van der Waals surface area contributed by atoms with Crippen molar-refractivity contribution in [2.45, 2.75) is 70.5 Å². The van der Waals surface area contributed by atoms with Gasteiger partial charge in [0.25, 0.3) is 0 Å². The molecule has 3 rings (SSSR count). The van der Waals surface area contributed by atoms with Gasteiger partial charge in [0.15, 0.2) is 0 Å². The molecule has 178 valence electrons. The van der Waals surface area contributed by atoms with Gasteiger partial charge in [-0.15, -0.1) is 0 Å². The molecule has 0 unspecified atom stereocenters. The lowest BCUT2D eigenvalue weighted by Crippen LogP contribution is -2.52. The Labute approximate surface area is 200 Å². The van der Waals surface area contributed by atoms with E-state index in [9.17, 15) is 14.0 Å². The van der Waals surface area contributed by atoms with Crippen molar-refractivity contribution in [2.24, 2.45) is 0 Å². The first-order valence-corrected chi connectivity index (χ1v) is 12.0. The molecule has 1 fully saturated rings. The van der Waals surface area contributed by atoms with Gasteiger partial charge in [0, 0.05) is 23.2 Å². The van der Waals surface area contributed by atoms with Gasteiger partial charge in [-0.1, -0.05) is 56.0 Å². The van der Waals surface area contributed by atoms with Crippen LogP contribution in [0, 0.1) is 5.82 Å². The third kappa shape index (κ3) is 6.70. The zero-order chi connectivity index (χ0) is 23.8. The fraction of sp³-hybridized carbons (Fsp3) is 0.462. The van der Waals surface area contributed by atoms with Crippen molar-refractivity contribution < 1.29 is 18.7 Å². The van der Waals surface area contributed by atoms with Gasteiger partial charge in [-0.05, 0) is 49.1 Å². The van der Waals surface area contributed by atoms with Crippen LogP contribution in [0.1, 0.15) is 56.6 Å². The molecule has 0 spiro atoms. The second kappa shape index (κ2) is 12.0. The smallest absolute Gasteiger partial charge is 0.243 e. The first-order valence-electron chi connectivity index (χ1n) is 11.6. The second-order valence-corrected chi connectivity index (χ2v) is 8.92. The Kier molecular flexibility index (Phi) is 9.12. The summed E-state index contributed by atoms with van der Waals surface area (Å²) in [6.07, 6.45) is 5.54. The number of carbonyl (C=O) groups is 2. The Bertz CT molecular complexity index is 925. The van der Waals surface area contributed by atoms with Gasteiger partial charge in [-0.2, -0.15) is 0 Å². The first kappa shape index (κ1) is 25.0. The molecule has 2 amide bonds. The van der Waals surface area contributed by atoms with Crippen molar-refractivity contribution >= 4 is 23.4 Å². The fourth-order valence-corrected chi connectivity index (χ4v) is 4.58. The molecule has 1 saturated carbocycles. The Morgan fingerprint density at radius 2 is 1.85 bits per heavy atom. The molecule has 0 heterocycles. The molecule has 1 aliphatic rings. The van der Waals surface area contributed by atoms with E-state index in [1.807, 2.05) is 31.2 Å². The van der Waals surface area contributed by atoms with Crippen molar-refractivity contribution in [3.63, 3.8) is 0 Å². The number of rotatable bonds is 9. The van der Waals surface area contributed by atoms with Crippen LogP contribution in [0.5, 0.6) is 5.75 Å². The number of nitrogens with one attached hydrogen (secondary N) is 1. The summed E-state index contributed by atoms with van der Waals surface area (Å²) in [4.78, 5) is 28.2. The van der Waals surface area contributed by atoms with Crippen LogP contribution in [-0.4, -0.2) is 35.9 Å². The number of nitrogens with zero attached hydrogens (tertiary/aromatic N) is 1. The summed E-state index contributed by atoms with van der Waals surface area (Å²) in [5.41, 5.74) is 0.999. The number of halogens is 2. The molecule has 7 heteroatoms. The van der Waals surface area contributed by atoms with E-state index in [0.717, 1.165) is 31.2 Å². The van der Waals surface area contributed by atoms with E-state index in [1.54, 1.807) is 18.1 Å². The van der Waals surface area contributed by atoms with Crippen molar-refractivity contribution in [1.82, 2.24) is 10.2 Å². The van der Waals surface area contributed by atoms with E-state index < -0.39 is 11.9 Å². The highest BCUT2D eigenvalue weighted by molar-refractivity contribution is 6.31. The van der Waals surface area contributed by atoms with Gasteiger partial charge in [0.2, 0.25) is 11.8 Å². The number of ether oxygens (including phenoxy) is 1. The summed E-state index contributed by atoms with van der Waals surface area (Å²) in [6.45, 7) is 2.11. The number of methoxy groups -OCH3 is 1. The van der Waals surface area contributed by atoms with Crippen LogP contribution >= 0.6 is 11.6 Å². The van der Waals surface area contributed by atoms with Crippen molar-refractivity contribution in [2.75, 3.05) is 7.11 Å². The quantitative estimate of drug-likeness (QED) is 0.537. The van der Waals surface area contributed by atoms with Crippen LogP contribution in [-0.2, 0) is 22.6 Å². The third-order valence-electron chi connectivity index (χ3n) is 6.24. The van der Waals surface area contributed by atoms with Gasteiger partial charge < -0.3 is 15.0 Å². The molecule has 0 aromatic heterocycles. The van der Waals surface area contributed by atoms with E-state index >= 15 is 0 Å². The zero-order valence-electron chi connectivity index (χ0n) is 19.3. The SMILES string of the molecule is CC[C@H](C(=O)NC1CCCCC1)N(Cc1ccc(OC)cc1)C(=O)Cc1c(F)cccc1Cl. The Morgan fingerprint density at radius 3 is 2.45 bits per heavy atom. The zero-order valence-corrected chi connectivity index (χ0v) is 20.0. The van der Waals surface area contributed by atoms with E-state index in [0.29, 0.717) is 12.2 Å². The third-order valence-corrected chi connectivity index (χ3v) is 6.59. The lowest BCUT2D eigenvalue weighted by atomic mass is 9.95. The number of hydrogen-bond acceptors (Lipinski definition) is 3. The van der Waals surface area contributed by atoms with Gasteiger partial charge in [-0.3, -0.25) is 9.59 Å². The highest BCUT2D eigenvalue weighted by Crippen LogP contribution is 2.23. The minimum atomic E-state index is -0.660. The fourth-order valence-electron chi connectivity index (χ4n) is 4.35. The monoisotopic (exact) mass is 474 g/mol. The molecular formula is C26H32ClFN2O3. The molecule has 1 N–H and O–H groups in total. The molecule has 33 heavy (non-hydrogen) atoms. The molecule has 2 aromatic carbocycles. The number of hydrogen-bond donors (Lipinski definition) is 1. The van der Waals surface area contributed by atoms with E-state index in [4.69, 9.17) is 16.3 Å². The molecule has 5 nitrogen and oxygen atoms in total. The van der Waals surface area contributed by atoms with Crippen LogP contribution in [0.2, 0.25) is 5.02 Å². The molecular weight excluding hydrogens is 443 g/mol. The topological polar surface area (TPSA) is 58.6 Å². The molecule has 0 saturated heterocycles. The average molecular weight is 475 g/mol. The van der Waals surface area contributed by atoms with Gasteiger partial charge >= 0.3 is 0 Å². The minimum absolute atomic E-state index is 0.138. The van der Waals surface area contributed by atoms with Crippen LogP contribution < -0.4 is 10.1 Å². The van der Waals surface area contributed by atoms with Crippen molar-refractivity contribution in [3.05, 3.63) is 64.4 Å². The molecule has 1 atom stereocenters. The normalized spacial score (nSPS) is 15.0. The van der Waals surface area contributed by atoms with Crippen molar-refractivity contribution in [1.29, 1.82) is 0 Å². The lowest BCUT2D eigenvalue weighted by Gasteiger charge is -2.33. The van der Waals surface area contributed by atoms with E-state index in [2.05, 4.69) is 5.32 Å². The standard InChI is InChI=1S/C26H32ClFN2O3/c1-3-24(26(32)29-19-8-5-4-6-9-19)30(17-18-12-14-20(33-2)15-13-18)25(31)16-21-22(27)10-7-11-23(21)28/h7,10-15,19,24H,3-6,8-9,16-17H2,1-2H3,(H,29,32)/t24-/m1/s1. The summed E-state index contributed by atoms with van der Waals surface area (Å²) >= 11 is 6.17. The lowest BCUT2D eigenvalue weighted by molar-refractivity contribution is -0.141. The summed E-state index contributed by atoms with van der Waals surface area (Å²) in [6, 6.07) is 11.2. The predicted molar refractivity (Wildman–Crippen MR) is 128 cm³/mol. The molecule has 1 aliphatic carbocycles. The minimum Gasteiger partial charge on any atom is -0.497 e. The van der Waals surface area contributed by atoms with Gasteiger partial charge in [0.1, 0.15) is 17.6 Å². The highest BCUT2D eigenvalue weighted by atomic mass is 35.5. The Hall–Kier alpha value is -2.60. The largest absolute Gasteiger partial charge is 0.497 e. The van der Waals surface area contributed by atoms with Crippen molar-refractivity contribution in [3.8, 4) is 5.75 Å². The maximum absolute atomic E-state index is 14.4. The van der Waals surface area contributed by atoms with Crippen LogP contribution in [0.15, 0.2) is 42.5 Å². The Balaban J connectivity index is 1.84. The number of benzene rings is 2. The highest BCUT2D eigenvalue weighted by Gasteiger charge is 2.31. The molecule has 2 aromatic rings. The molecule has 0 bridgehead atoms. The molecule has 0 aliphatic heterocycles. The van der Waals surface area contributed by atoms with Gasteiger partial charge in [0.05, 0.1) is 13.5 Å². The summed E-state index contributed by atoms with van der Waals surface area (Å²) in [7, 11) is 1.59.